The number of Topliss-reactive ketones (excluding diaryl/α,β-unsaturated/α-hetero) is 1. The molecule has 0 spiro atoms. The van der Waals surface area contributed by atoms with Crippen molar-refractivity contribution in [1.82, 2.24) is 0 Å². The summed E-state index contributed by atoms with van der Waals surface area (Å²) < 4.78 is 10.7. The standard InChI is InChI=1S/C14H20O3/c1-4-6-9-17-14-8-7-11(16-3)10-12(14)13(15)5-2/h7-8,10H,4-6,9H2,1-3H3. The highest BCUT2D eigenvalue weighted by molar-refractivity contribution is 5.98. The Labute approximate surface area is 103 Å². The minimum Gasteiger partial charge on any atom is -0.497 e. The van der Waals surface area contributed by atoms with Crippen LogP contribution >= 0.6 is 0 Å². The van der Waals surface area contributed by atoms with Gasteiger partial charge in [-0.25, -0.2) is 0 Å². The topological polar surface area (TPSA) is 35.5 Å². The van der Waals surface area contributed by atoms with Gasteiger partial charge < -0.3 is 9.47 Å². The second-order valence-electron chi connectivity index (χ2n) is 3.84. The van der Waals surface area contributed by atoms with Crippen LogP contribution in [0.4, 0.5) is 0 Å². The lowest BCUT2D eigenvalue weighted by atomic mass is 10.1. The molecule has 0 aliphatic carbocycles. The first-order valence-corrected chi connectivity index (χ1v) is 6.07. The fourth-order valence-corrected chi connectivity index (χ4v) is 1.50. The van der Waals surface area contributed by atoms with E-state index in [2.05, 4.69) is 6.92 Å². The Kier molecular flexibility index (Phi) is 5.53. The van der Waals surface area contributed by atoms with Crippen molar-refractivity contribution in [3.63, 3.8) is 0 Å². The summed E-state index contributed by atoms with van der Waals surface area (Å²) in [4.78, 5) is 11.8. The van der Waals surface area contributed by atoms with Gasteiger partial charge in [-0.1, -0.05) is 20.3 Å². The number of unbranched alkanes of at least 4 members (excludes halogenated alkanes) is 1. The Morgan fingerprint density at radius 2 is 2.06 bits per heavy atom. The smallest absolute Gasteiger partial charge is 0.166 e. The quantitative estimate of drug-likeness (QED) is 0.537. The third kappa shape index (κ3) is 3.77. The molecular formula is C14H20O3. The maximum atomic E-state index is 11.8. The minimum atomic E-state index is 0.0791. The van der Waals surface area contributed by atoms with Crippen LogP contribution in [0.3, 0.4) is 0 Å². The van der Waals surface area contributed by atoms with Crippen LogP contribution in [-0.4, -0.2) is 19.5 Å². The van der Waals surface area contributed by atoms with Crippen LogP contribution < -0.4 is 9.47 Å². The van der Waals surface area contributed by atoms with E-state index in [1.165, 1.54) is 0 Å². The van der Waals surface area contributed by atoms with Crippen LogP contribution in [0.1, 0.15) is 43.5 Å². The van der Waals surface area contributed by atoms with Gasteiger partial charge in [-0.15, -0.1) is 0 Å². The Morgan fingerprint density at radius 3 is 2.65 bits per heavy atom. The van der Waals surface area contributed by atoms with E-state index in [0.29, 0.717) is 30.1 Å². The van der Waals surface area contributed by atoms with Crippen LogP contribution in [0.25, 0.3) is 0 Å². The molecule has 0 aliphatic rings. The van der Waals surface area contributed by atoms with Crippen LogP contribution in [0.5, 0.6) is 11.5 Å². The second-order valence-corrected chi connectivity index (χ2v) is 3.84. The normalized spacial score (nSPS) is 10.1. The molecule has 3 heteroatoms. The molecule has 0 saturated heterocycles. The van der Waals surface area contributed by atoms with Crippen molar-refractivity contribution in [1.29, 1.82) is 0 Å². The highest BCUT2D eigenvalue weighted by Gasteiger charge is 2.12. The molecule has 1 aromatic carbocycles. The maximum absolute atomic E-state index is 11.8. The van der Waals surface area contributed by atoms with Gasteiger partial charge in [0.05, 0.1) is 19.3 Å². The monoisotopic (exact) mass is 236 g/mol. The number of ketones is 1. The third-order valence-corrected chi connectivity index (χ3v) is 2.56. The van der Waals surface area contributed by atoms with Gasteiger partial charge in [0.1, 0.15) is 11.5 Å². The Bertz CT molecular complexity index is 372. The fraction of sp³-hybridized carbons (Fsp3) is 0.500. The highest BCUT2D eigenvalue weighted by Crippen LogP contribution is 2.25. The van der Waals surface area contributed by atoms with Crippen LogP contribution in [0, 0.1) is 0 Å². The Hall–Kier alpha value is -1.51. The van der Waals surface area contributed by atoms with Crippen molar-refractivity contribution < 1.29 is 14.3 Å². The maximum Gasteiger partial charge on any atom is 0.166 e. The van der Waals surface area contributed by atoms with Gasteiger partial charge in [0.25, 0.3) is 0 Å². The van der Waals surface area contributed by atoms with E-state index in [0.717, 1.165) is 12.8 Å². The molecule has 0 saturated carbocycles. The van der Waals surface area contributed by atoms with E-state index in [4.69, 9.17) is 9.47 Å². The lowest BCUT2D eigenvalue weighted by Gasteiger charge is -2.11. The number of rotatable bonds is 7. The van der Waals surface area contributed by atoms with Gasteiger partial charge in [-0.05, 0) is 24.6 Å². The zero-order valence-electron chi connectivity index (χ0n) is 10.8. The Morgan fingerprint density at radius 1 is 1.29 bits per heavy atom. The summed E-state index contributed by atoms with van der Waals surface area (Å²) in [5.41, 5.74) is 0.614. The minimum absolute atomic E-state index is 0.0791. The van der Waals surface area contributed by atoms with Crippen LogP contribution in [0.2, 0.25) is 0 Å². The summed E-state index contributed by atoms with van der Waals surface area (Å²) in [7, 11) is 1.59. The number of benzene rings is 1. The van der Waals surface area contributed by atoms with E-state index >= 15 is 0 Å². The van der Waals surface area contributed by atoms with E-state index < -0.39 is 0 Å². The predicted molar refractivity (Wildman–Crippen MR) is 68.0 cm³/mol. The summed E-state index contributed by atoms with van der Waals surface area (Å²) in [6, 6.07) is 5.36. The molecule has 0 N–H and O–H groups in total. The van der Waals surface area contributed by atoms with Crippen LogP contribution in [-0.2, 0) is 0 Å². The summed E-state index contributed by atoms with van der Waals surface area (Å²) in [5, 5.41) is 0. The molecule has 0 aliphatic heterocycles. The number of methoxy groups -OCH3 is 1. The van der Waals surface area contributed by atoms with Crippen molar-refractivity contribution in [2.75, 3.05) is 13.7 Å². The second kappa shape index (κ2) is 6.94. The van der Waals surface area contributed by atoms with E-state index in [-0.39, 0.29) is 5.78 Å². The van der Waals surface area contributed by atoms with E-state index in [1.807, 2.05) is 13.0 Å². The molecular weight excluding hydrogens is 216 g/mol. The summed E-state index contributed by atoms with van der Waals surface area (Å²) in [6.45, 7) is 4.60. The van der Waals surface area contributed by atoms with Gasteiger partial charge >= 0.3 is 0 Å². The third-order valence-electron chi connectivity index (χ3n) is 2.56. The molecule has 0 radical (unpaired) electrons. The zero-order valence-corrected chi connectivity index (χ0v) is 10.8. The van der Waals surface area contributed by atoms with E-state index in [1.54, 1.807) is 19.2 Å². The van der Waals surface area contributed by atoms with Gasteiger partial charge in [-0.3, -0.25) is 4.79 Å². The molecule has 0 atom stereocenters. The van der Waals surface area contributed by atoms with E-state index in [9.17, 15) is 4.79 Å². The molecule has 1 aromatic rings. The van der Waals surface area contributed by atoms with Crippen molar-refractivity contribution >= 4 is 5.78 Å². The summed E-state index contributed by atoms with van der Waals surface area (Å²) in [5.74, 6) is 1.42. The van der Waals surface area contributed by atoms with Crippen molar-refractivity contribution in [3.8, 4) is 11.5 Å². The van der Waals surface area contributed by atoms with Crippen LogP contribution in [0.15, 0.2) is 18.2 Å². The van der Waals surface area contributed by atoms with Gasteiger partial charge in [0, 0.05) is 6.42 Å². The predicted octanol–water partition coefficient (Wildman–Crippen LogP) is 3.47. The first-order valence-electron chi connectivity index (χ1n) is 6.07. The summed E-state index contributed by atoms with van der Waals surface area (Å²) in [6.07, 6.45) is 2.54. The molecule has 17 heavy (non-hydrogen) atoms. The number of carbonyl (C=O) groups is 1. The average Bonchev–Trinajstić information content (AvgIpc) is 2.38. The molecule has 3 nitrogen and oxygen atoms in total. The summed E-state index contributed by atoms with van der Waals surface area (Å²) >= 11 is 0. The molecule has 1 rings (SSSR count). The molecule has 0 unspecified atom stereocenters. The lowest BCUT2D eigenvalue weighted by Crippen LogP contribution is -2.04. The molecule has 0 fully saturated rings. The van der Waals surface area contributed by atoms with Crippen molar-refractivity contribution in [3.05, 3.63) is 23.8 Å². The van der Waals surface area contributed by atoms with Gasteiger partial charge in [-0.2, -0.15) is 0 Å². The SMILES string of the molecule is CCCCOc1ccc(OC)cc1C(=O)CC. The molecule has 0 amide bonds. The van der Waals surface area contributed by atoms with Gasteiger partial charge in [0.2, 0.25) is 0 Å². The zero-order chi connectivity index (χ0) is 12.7. The average molecular weight is 236 g/mol. The largest absolute Gasteiger partial charge is 0.497 e. The lowest BCUT2D eigenvalue weighted by molar-refractivity contribution is 0.0983. The van der Waals surface area contributed by atoms with Crippen molar-refractivity contribution in [2.24, 2.45) is 0 Å². The first kappa shape index (κ1) is 13.6. The van der Waals surface area contributed by atoms with Gasteiger partial charge in [0.15, 0.2) is 5.78 Å². The number of hydrogen-bond donors (Lipinski definition) is 0. The van der Waals surface area contributed by atoms with Crippen molar-refractivity contribution in [2.45, 2.75) is 33.1 Å². The molecule has 0 heterocycles. The number of carbonyl (C=O) groups excluding carboxylic acids is 1. The highest BCUT2D eigenvalue weighted by atomic mass is 16.5. The molecule has 0 bridgehead atoms. The Balaban J connectivity index is 2.90. The number of ether oxygens (including phenoxy) is 2. The molecule has 0 aromatic heterocycles. The number of hydrogen-bond acceptors (Lipinski definition) is 3. The fourth-order valence-electron chi connectivity index (χ4n) is 1.50. The molecule has 94 valence electrons. The first-order chi connectivity index (χ1) is 8.22.